The summed E-state index contributed by atoms with van der Waals surface area (Å²) in [7, 11) is 0. The number of aliphatic hydroxyl groups is 1. The van der Waals surface area contributed by atoms with Crippen LogP contribution >= 0.6 is 0 Å². The zero-order valence-corrected chi connectivity index (χ0v) is 10.0. The van der Waals surface area contributed by atoms with Gasteiger partial charge < -0.3 is 5.11 Å². The summed E-state index contributed by atoms with van der Waals surface area (Å²) in [5.41, 5.74) is 2.86. The molecule has 5 atom stereocenters. The molecule has 1 fully saturated rings. The van der Waals surface area contributed by atoms with E-state index in [9.17, 15) is 5.11 Å². The van der Waals surface area contributed by atoms with Gasteiger partial charge in [0.2, 0.25) is 0 Å². The van der Waals surface area contributed by atoms with Gasteiger partial charge in [0.15, 0.2) is 0 Å². The second-order valence-corrected chi connectivity index (χ2v) is 5.60. The smallest absolute Gasteiger partial charge is 0.0634 e. The second-order valence-electron chi connectivity index (χ2n) is 5.60. The van der Waals surface area contributed by atoms with E-state index in [0.29, 0.717) is 17.8 Å². The molecule has 0 bridgehead atoms. The minimum atomic E-state index is -0.191. The van der Waals surface area contributed by atoms with Crippen molar-refractivity contribution in [3.05, 3.63) is 23.8 Å². The molecular weight excluding hydrogens is 184 g/mol. The number of aliphatic hydroxyl groups excluding tert-OH is 1. The van der Waals surface area contributed by atoms with Crippen LogP contribution in [-0.2, 0) is 0 Å². The van der Waals surface area contributed by atoms with E-state index in [2.05, 4.69) is 33.4 Å². The number of hydrogen-bond donors (Lipinski definition) is 1. The first-order valence-corrected chi connectivity index (χ1v) is 6.07. The van der Waals surface area contributed by atoms with Gasteiger partial charge in [-0.3, -0.25) is 0 Å². The molecule has 0 radical (unpaired) electrons. The summed E-state index contributed by atoms with van der Waals surface area (Å²) < 4.78 is 0. The Morgan fingerprint density at radius 2 is 1.93 bits per heavy atom. The lowest BCUT2D eigenvalue weighted by Crippen LogP contribution is -2.38. The van der Waals surface area contributed by atoms with Crippen LogP contribution in [0.4, 0.5) is 0 Å². The van der Waals surface area contributed by atoms with Gasteiger partial charge in [-0.1, -0.05) is 44.6 Å². The van der Waals surface area contributed by atoms with E-state index in [4.69, 9.17) is 0 Å². The fourth-order valence-electron chi connectivity index (χ4n) is 3.43. The molecule has 1 saturated carbocycles. The van der Waals surface area contributed by atoms with E-state index < -0.39 is 0 Å². The first kappa shape index (κ1) is 10.9. The van der Waals surface area contributed by atoms with Gasteiger partial charge in [-0.15, -0.1) is 0 Å². The van der Waals surface area contributed by atoms with Crippen molar-refractivity contribution in [2.24, 2.45) is 23.7 Å². The molecule has 84 valence electrons. The maximum atomic E-state index is 10.1. The third kappa shape index (κ3) is 1.78. The van der Waals surface area contributed by atoms with Crippen LogP contribution in [0.2, 0.25) is 0 Å². The average molecular weight is 206 g/mol. The molecule has 0 aromatic rings. The molecule has 0 spiro atoms. The van der Waals surface area contributed by atoms with Crippen LogP contribution in [0.15, 0.2) is 23.8 Å². The fraction of sp³-hybridized carbons (Fsp3) is 0.714. The lowest BCUT2D eigenvalue weighted by molar-refractivity contribution is 0.0531. The van der Waals surface area contributed by atoms with Crippen LogP contribution in [0.1, 0.15) is 33.6 Å². The van der Waals surface area contributed by atoms with Crippen LogP contribution < -0.4 is 0 Å². The summed E-state index contributed by atoms with van der Waals surface area (Å²) in [4.78, 5) is 0. The van der Waals surface area contributed by atoms with Crippen molar-refractivity contribution in [3.8, 4) is 0 Å². The predicted octanol–water partition coefficient (Wildman–Crippen LogP) is 3.16. The molecule has 0 aromatic heterocycles. The topological polar surface area (TPSA) is 20.2 Å². The highest BCUT2D eigenvalue weighted by Gasteiger charge is 2.38. The maximum Gasteiger partial charge on any atom is 0.0634 e. The molecule has 0 amide bonds. The number of fused-ring (bicyclic) bond motifs is 1. The van der Waals surface area contributed by atoms with Crippen molar-refractivity contribution >= 4 is 0 Å². The van der Waals surface area contributed by atoms with Crippen molar-refractivity contribution in [1.82, 2.24) is 0 Å². The molecule has 0 heterocycles. The number of allylic oxidation sites excluding steroid dienone is 2. The Labute approximate surface area is 92.9 Å². The zero-order chi connectivity index (χ0) is 11.2. The van der Waals surface area contributed by atoms with E-state index in [0.717, 1.165) is 12.3 Å². The molecule has 1 nitrogen and oxygen atoms in total. The van der Waals surface area contributed by atoms with Gasteiger partial charge >= 0.3 is 0 Å². The monoisotopic (exact) mass is 206 g/mol. The van der Waals surface area contributed by atoms with Gasteiger partial charge in [0.25, 0.3) is 0 Å². The van der Waals surface area contributed by atoms with Crippen molar-refractivity contribution in [2.75, 3.05) is 0 Å². The van der Waals surface area contributed by atoms with Gasteiger partial charge in [-0.25, -0.2) is 0 Å². The standard InChI is InChI=1S/C14H22O/c1-8-5-9(2)13-11(4)14(15)10(3)7-12(13)6-8/h7-8,10-11,13-15H,2,5-6H2,1,3-4H3/t8-,10+,11+,13+,14+/m1/s1. The Kier molecular flexibility index (Phi) is 2.76. The largest absolute Gasteiger partial charge is 0.392 e. The van der Waals surface area contributed by atoms with Crippen molar-refractivity contribution in [1.29, 1.82) is 0 Å². The third-order valence-corrected chi connectivity index (χ3v) is 4.11. The molecule has 1 heteroatoms. The van der Waals surface area contributed by atoms with E-state index in [-0.39, 0.29) is 6.10 Å². The molecule has 15 heavy (non-hydrogen) atoms. The summed E-state index contributed by atoms with van der Waals surface area (Å²) in [6, 6.07) is 0. The average Bonchev–Trinajstić information content (AvgIpc) is 2.13. The van der Waals surface area contributed by atoms with E-state index in [1.165, 1.54) is 17.6 Å². The number of hydrogen-bond acceptors (Lipinski definition) is 1. The Hall–Kier alpha value is -0.560. The lowest BCUT2D eigenvalue weighted by atomic mass is 9.64. The van der Waals surface area contributed by atoms with Crippen molar-refractivity contribution < 1.29 is 5.11 Å². The first-order valence-electron chi connectivity index (χ1n) is 6.07. The Morgan fingerprint density at radius 3 is 2.60 bits per heavy atom. The van der Waals surface area contributed by atoms with Gasteiger partial charge in [0.1, 0.15) is 0 Å². The summed E-state index contributed by atoms with van der Waals surface area (Å²) in [6.45, 7) is 10.8. The van der Waals surface area contributed by atoms with Crippen LogP contribution in [0, 0.1) is 23.7 Å². The SMILES string of the molecule is C=C1C[C@@H](C)CC2=C[C@H](C)[C@H](O)[C@@H](C)[C@H]12. The Balaban J connectivity index is 2.32. The summed E-state index contributed by atoms with van der Waals surface area (Å²) >= 11 is 0. The zero-order valence-electron chi connectivity index (χ0n) is 10.0. The van der Waals surface area contributed by atoms with Crippen LogP contribution in [0.5, 0.6) is 0 Å². The Morgan fingerprint density at radius 1 is 1.27 bits per heavy atom. The summed E-state index contributed by atoms with van der Waals surface area (Å²) in [5, 5.41) is 10.1. The molecular formula is C14H22O. The third-order valence-electron chi connectivity index (χ3n) is 4.11. The molecule has 0 saturated heterocycles. The second kappa shape index (κ2) is 3.79. The Bertz CT molecular complexity index is 302. The van der Waals surface area contributed by atoms with Gasteiger partial charge in [0, 0.05) is 11.8 Å². The van der Waals surface area contributed by atoms with Gasteiger partial charge in [-0.2, -0.15) is 0 Å². The summed E-state index contributed by atoms with van der Waals surface area (Å²) in [5.74, 6) is 1.84. The van der Waals surface area contributed by atoms with Gasteiger partial charge in [-0.05, 0) is 24.7 Å². The highest BCUT2D eigenvalue weighted by atomic mass is 16.3. The normalized spacial score (nSPS) is 46.0. The molecule has 2 aliphatic rings. The highest BCUT2D eigenvalue weighted by Crippen LogP contribution is 2.45. The predicted molar refractivity (Wildman–Crippen MR) is 63.4 cm³/mol. The van der Waals surface area contributed by atoms with Crippen molar-refractivity contribution in [3.63, 3.8) is 0 Å². The van der Waals surface area contributed by atoms with Gasteiger partial charge in [0.05, 0.1) is 6.10 Å². The van der Waals surface area contributed by atoms with E-state index in [1.807, 2.05) is 0 Å². The molecule has 2 aliphatic carbocycles. The highest BCUT2D eigenvalue weighted by molar-refractivity contribution is 5.29. The van der Waals surface area contributed by atoms with E-state index >= 15 is 0 Å². The lowest BCUT2D eigenvalue weighted by Gasteiger charge is -2.42. The van der Waals surface area contributed by atoms with Crippen LogP contribution in [0.3, 0.4) is 0 Å². The minimum Gasteiger partial charge on any atom is -0.392 e. The van der Waals surface area contributed by atoms with Crippen LogP contribution in [-0.4, -0.2) is 11.2 Å². The molecule has 0 unspecified atom stereocenters. The maximum absolute atomic E-state index is 10.1. The van der Waals surface area contributed by atoms with Crippen LogP contribution in [0.25, 0.3) is 0 Å². The van der Waals surface area contributed by atoms with Crippen molar-refractivity contribution in [2.45, 2.75) is 39.7 Å². The first-order chi connectivity index (χ1) is 7.00. The van der Waals surface area contributed by atoms with E-state index in [1.54, 1.807) is 0 Å². The molecule has 1 N–H and O–H groups in total. The quantitative estimate of drug-likeness (QED) is 0.604. The molecule has 0 aromatic carbocycles. The number of rotatable bonds is 0. The molecule has 0 aliphatic heterocycles. The molecule has 2 rings (SSSR count). The fourth-order valence-corrected chi connectivity index (χ4v) is 3.43. The minimum absolute atomic E-state index is 0.191. The summed E-state index contributed by atoms with van der Waals surface area (Å²) in [6.07, 6.45) is 4.43.